The highest BCUT2D eigenvalue weighted by Crippen LogP contribution is 2.39. The van der Waals surface area contributed by atoms with Gasteiger partial charge in [0.2, 0.25) is 5.75 Å². The molecule has 2 aromatic carbocycles. The normalized spacial score (nSPS) is 16.9. The summed E-state index contributed by atoms with van der Waals surface area (Å²) in [5, 5.41) is 1.16. The molecule has 0 unspecified atom stereocenters. The zero-order valence-electron chi connectivity index (χ0n) is 17.6. The Balaban J connectivity index is 2.14. The Hall–Kier alpha value is -3.00. The van der Waals surface area contributed by atoms with Crippen LogP contribution in [0.3, 0.4) is 0 Å². The van der Waals surface area contributed by atoms with Crippen LogP contribution in [0.25, 0.3) is 0 Å². The second-order valence-electron chi connectivity index (χ2n) is 7.16. The number of rotatable bonds is 6. The van der Waals surface area contributed by atoms with E-state index in [4.69, 9.17) is 14.2 Å². The van der Waals surface area contributed by atoms with Crippen molar-refractivity contribution in [1.29, 1.82) is 0 Å². The summed E-state index contributed by atoms with van der Waals surface area (Å²) in [5.41, 5.74) is 2.86. The lowest BCUT2D eigenvalue weighted by Gasteiger charge is -2.29. The summed E-state index contributed by atoms with van der Waals surface area (Å²) in [7, 11) is 1.06. The van der Waals surface area contributed by atoms with Gasteiger partial charge in [0.15, 0.2) is 21.3 Å². The molecule has 0 aliphatic carbocycles. The molecule has 1 aliphatic rings. The lowest BCUT2D eigenvalue weighted by molar-refractivity contribution is 0.0982. The molecule has 8 heteroatoms. The van der Waals surface area contributed by atoms with Gasteiger partial charge in [-0.15, -0.1) is 0 Å². The van der Waals surface area contributed by atoms with Crippen molar-refractivity contribution in [3.63, 3.8) is 0 Å². The first-order valence-electron chi connectivity index (χ1n) is 9.32. The third-order valence-corrected chi connectivity index (χ3v) is 6.24. The summed E-state index contributed by atoms with van der Waals surface area (Å²) >= 11 is 0. The van der Waals surface area contributed by atoms with Crippen molar-refractivity contribution in [2.75, 3.05) is 32.0 Å². The fraction of sp³-hybridized carbons (Fsp3) is 0.318. The topological polar surface area (TPSA) is 82.1 Å². The molecule has 1 aliphatic heterocycles. The predicted molar refractivity (Wildman–Crippen MR) is 116 cm³/mol. The standard InChI is InChI=1S/C22H25NO6S/c1-14-8-15(2)10-18(9-14)23(17-6-7-30(25,26)13-17)22(24)16-11-19(27-3)21(29-5)20(12-16)28-4/h6-12,17H,13H2,1-5H3/t17-/m0/s1. The van der Waals surface area contributed by atoms with E-state index in [0.717, 1.165) is 16.5 Å². The Labute approximate surface area is 176 Å². The molecular weight excluding hydrogens is 406 g/mol. The molecule has 2 aromatic rings. The number of sulfone groups is 1. The van der Waals surface area contributed by atoms with E-state index in [1.807, 2.05) is 32.0 Å². The lowest BCUT2D eigenvalue weighted by Crippen LogP contribution is -2.41. The number of anilines is 1. The SMILES string of the molecule is COc1cc(C(=O)N(c2cc(C)cc(C)c2)[C@H]2C=CS(=O)(=O)C2)cc(OC)c1OC. The monoisotopic (exact) mass is 431 g/mol. The summed E-state index contributed by atoms with van der Waals surface area (Å²) < 4.78 is 40.2. The van der Waals surface area contributed by atoms with E-state index in [2.05, 4.69) is 0 Å². The molecule has 1 amide bonds. The molecule has 0 N–H and O–H groups in total. The lowest BCUT2D eigenvalue weighted by atomic mass is 10.1. The third kappa shape index (κ3) is 4.28. The summed E-state index contributed by atoms with van der Waals surface area (Å²) in [6, 6.07) is 8.22. The highest BCUT2D eigenvalue weighted by molar-refractivity contribution is 7.94. The van der Waals surface area contributed by atoms with E-state index < -0.39 is 15.9 Å². The van der Waals surface area contributed by atoms with Gasteiger partial charge in [-0.3, -0.25) is 4.79 Å². The Morgan fingerprint density at radius 3 is 1.93 bits per heavy atom. The van der Waals surface area contributed by atoms with Gasteiger partial charge in [0.25, 0.3) is 5.91 Å². The minimum absolute atomic E-state index is 0.170. The maximum atomic E-state index is 13.6. The van der Waals surface area contributed by atoms with Crippen molar-refractivity contribution in [3.05, 3.63) is 58.5 Å². The van der Waals surface area contributed by atoms with Crippen molar-refractivity contribution in [2.24, 2.45) is 0 Å². The van der Waals surface area contributed by atoms with Crippen molar-refractivity contribution in [1.82, 2.24) is 0 Å². The molecule has 1 atom stereocenters. The maximum absolute atomic E-state index is 13.6. The molecular formula is C22H25NO6S. The maximum Gasteiger partial charge on any atom is 0.259 e. The molecule has 0 saturated heterocycles. The van der Waals surface area contributed by atoms with Crippen molar-refractivity contribution in [2.45, 2.75) is 19.9 Å². The van der Waals surface area contributed by atoms with Crippen LogP contribution < -0.4 is 19.1 Å². The quantitative estimate of drug-likeness (QED) is 0.698. The number of hydrogen-bond donors (Lipinski definition) is 0. The van der Waals surface area contributed by atoms with Crippen molar-refractivity contribution in [3.8, 4) is 17.2 Å². The number of ether oxygens (including phenoxy) is 3. The molecule has 0 aromatic heterocycles. The van der Waals surface area contributed by atoms with E-state index in [1.165, 1.54) is 26.2 Å². The van der Waals surface area contributed by atoms with Gasteiger partial charge in [-0.25, -0.2) is 8.42 Å². The highest BCUT2D eigenvalue weighted by Gasteiger charge is 2.33. The summed E-state index contributed by atoms with van der Waals surface area (Å²) in [6.07, 6.45) is 1.54. The number of benzene rings is 2. The first-order chi connectivity index (χ1) is 14.2. The minimum atomic E-state index is -3.36. The number of carbonyl (C=O) groups excluding carboxylic acids is 1. The van der Waals surface area contributed by atoms with Crippen LogP contribution in [0.4, 0.5) is 5.69 Å². The van der Waals surface area contributed by atoms with Crippen LogP contribution in [0.1, 0.15) is 21.5 Å². The van der Waals surface area contributed by atoms with Crippen LogP contribution in [-0.2, 0) is 9.84 Å². The molecule has 0 fully saturated rings. The molecule has 30 heavy (non-hydrogen) atoms. The predicted octanol–water partition coefficient (Wildman–Crippen LogP) is 3.29. The first kappa shape index (κ1) is 21.7. The van der Waals surface area contributed by atoms with Crippen LogP contribution in [0.2, 0.25) is 0 Å². The summed E-state index contributed by atoms with van der Waals surface area (Å²) in [4.78, 5) is 15.1. The second-order valence-corrected chi connectivity index (χ2v) is 9.09. The molecule has 0 bridgehead atoms. The van der Waals surface area contributed by atoms with E-state index in [1.54, 1.807) is 18.2 Å². The molecule has 160 valence electrons. The Morgan fingerprint density at radius 2 is 1.50 bits per heavy atom. The average Bonchev–Trinajstić information content (AvgIpc) is 3.05. The van der Waals surface area contributed by atoms with Gasteiger partial charge >= 0.3 is 0 Å². The zero-order chi connectivity index (χ0) is 22.1. The van der Waals surface area contributed by atoms with Crippen LogP contribution in [0, 0.1) is 13.8 Å². The van der Waals surface area contributed by atoms with Gasteiger partial charge < -0.3 is 19.1 Å². The number of aryl methyl sites for hydroxylation is 2. The number of nitrogens with zero attached hydrogens (tertiary/aromatic N) is 1. The summed E-state index contributed by atoms with van der Waals surface area (Å²) in [6.45, 7) is 3.86. The summed E-state index contributed by atoms with van der Waals surface area (Å²) in [5.74, 6) is 0.519. The van der Waals surface area contributed by atoms with Gasteiger partial charge in [-0.1, -0.05) is 6.07 Å². The Kier molecular flexibility index (Phi) is 6.07. The van der Waals surface area contributed by atoms with Crippen LogP contribution >= 0.6 is 0 Å². The first-order valence-corrected chi connectivity index (χ1v) is 11.0. The minimum Gasteiger partial charge on any atom is -0.493 e. The number of hydrogen-bond acceptors (Lipinski definition) is 6. The molecule has 0 radical (unpaired) electrons. The van der Waals surface area contributed by atoms with E-state index in [0.29, 0.717) is 28.5 Å². The van der Waals surface area contributed by atoms with Crippen LogP contribution in [0.5, 0.6) is 17.2 Å². The molecule has 0 spiro atoms. The van der Waals surface area contributed by atoms with Gasteiger partial charge in [0.05, 0.1) is 33.1 Å². The van der Waals surface area contributed by atoms with Crippen molar-refractivity contribution >= 4 is 21.4 Å². The fourth-order valence-electron chi connectivity index (χ4n) is 3.61. The van der Waals surface area contributed by atoms with Gasteiger partial charge in [0, 0.05) is 16.7 Å². The third-order valence-electron chi connectivity index (χ3n) is 4.86. The zero-order valence-corrected chi connectivity index (χ0v) is 18.4. The van der Waals surface area contributed by atoms with E-state index in [9.17, 15) is 13.2 Å². The van der Waals surface area contributed by atoms with Gasteiger partial charge in [0.1, 0.15) is 0 Å². The molecule has 3 rings (SSSR count). The second kappa shape index (κ2) is 8.39. The fourth-order valence-corrected chi connectivity index (χ4v) is 4.88. The number of methoxy groups -OCH3 is 3. The number of amides is 1. The molecule has 1 heterocycles. The number of carbonyl (C=O) groups is 1. The van der Waals surface area contributed by atoms with E-state index in [-0.39, 0.29) is 11.7 Å². The van der Waals surface area contributed by atoms with Crippen molar-refractivity contribution < 1.29 is 27.4 Å². The molecule has 7 nitrogen and oxygen atoms in total. The Morgan fingerprint density at radius 1 is 0.933 bits per heavy atom. The largest absolute Gasteiger partial charge is 0.493 e. The molecule has 0 saturated carbocycles. The van der Waals surface area contributed by atoms with E-state index >= 15 is 0 Å². The van der Waals surface area contributed by atoms with Gasteiger partial charge in [-0.05, 0) is 55.3 Å². The average molecular weight is 432 g/mol. The van der Waals surface area contributed by atoms with Gasteiger partial charge in [-0.2, -0.15) is 0 Å². The Bertz CT molecular complexity index is 1060. The smallest absolute Gasteiger partial charge is 0.259 e. The van der Waals surface area contributed by atoms with Crippen LogP contribution in [0.15, 0.2) is 41.8 Å². The van der Waals surface area contributed by atoms with Crippen LogP contribution in [-0.4, -0.2) is 47.4 Å². The highest BCUT2D eigenvalue weighted by atomic mass is 32.2.